The lowest BCUT2D eigenvalue weighted by Gasteiger charge is -2.07. The molecule has 0 aliphatic rings. The van der Waals surface area contributed by atoms with E-state index in [0.717, 1.165) is 28.0 Å². The predicted molar refractivity (Wildman–Crippen MR) is 88.8 cm³/mol. The van der Waals surface area contributed by atoms with Crippen molar-refractivity contribution in [2.24, 2.45) is 0 Å². The van der Waals surface area contributed by atoms with E-state index in [1.54, 1.807) is 26.4 Å². The van der Waals surface area contributed by atoms with Gasteiger partial charge in [0.05, 0.1) is 14.2 Å². The lowest BCUT2D eigenvalue weighted by molar-refractivity contribution is 0.104. The van der Waals surface area contributed by atoms with Crippen LogP contribution in [0.2, 0.25) is 0 Å². The van der Waals surface area contributed by atoms with Gasteiger partial charge in [-0.3, -0.25) is 4.79 Å². The van der Waals surface area contributed by atoms with Crippen LogP contribution in [0.15, 0.2) is 42.5 Å². The molecule has 2 rings (SSSR count). The number of benzene rings is 2. The summed E-state index contributed by atoms with van der Waals surface area (Å²) in [6.07, 6.45) is 3.32. The van der Waals surface area contributed by atoms with E-state index in [1.807, 2.05) is 50.2 Å². The SMILES string of the molecule is COc1ccc(OC)c(/C=C/C(=O)c2cc(C)ccc2C)c1. The van der Waals surface area contributed by atoms with Gasteiger partial charge < -0.3 is 9.47 Å². The second kappa shape index (κ2) is 6.94. The minimum atomic E-state index is -0.0222. The number of ether oxygens (including phenoxy) is 2. The molecule has 0 radical (unpaired) electrons. The lowest BCUT2D eigenvalue weighted by atomic mass is 10.0. The van der Waals surface area contributed by atoms with E-state index in [9.17, 15) is 4.79 Å². The van der Waals surface area contributed by atoms with E-state index in [1.165, 1.54) is 0 Å². The Kier molecular flexibility index (Phi) is 4.99. The molecule has 0 unspecified atom stereocenters. The summed E-state index contributed by atoms with van der Waals surface area (Å²) in [5, 5.41) is 0. The Morgan fingerprint density at radius 2 is 1.77 bits per heavy atom. The van der Waals surface area contributed by atoms with E-state index >= 15 is 0 Å². The third-order valence-corrected chi connectivity index (χ3v) is 3.51. The molecule has 114 valence electrons. The second-order valence-electron chi connectivity index (χ2n) is 5.12. The van der Waals surface area contributed by atoms with Gasteiger partial charge in [-0.15, -0.1) is 0 Å². The number of allylic oxidation sites excluding steroid dienone is 1. The van der Waals surface area contributed by atoms with Gasteiger partial charge in [0.25, 0.3) is 0 Å². The molecule has 0 N–H and O–H groups in total. The number of hydrogen-bond acceptors (Lipinski definition) is 3. The maximum atomic E-state index is 12.4. The Bertz CT molecular complexity index is 715. The van der Waals surface area contributed by atoms with Crippen LogP contribution in [-0.2, 0) is 0 Å². The number of aryl methyl sites for hydroxylation is 2. The van der Waals surface area contributed by atoms with Gasteiger partial charge in [0.15, 0.2) is 5.78 Å². The van der Waals surface area contributed by atoms with Crippen molar-refractivity contribution in [2.45, 2.75) is 13.8 Å². The van der Waals surface area contributed by atoms with Crippen molar-refractivity contribution in [2.75, 3.05) is 14.2 Å². The minimum Gasteiger partial charge on any atom is -0.497 e. The highest BCUT2D eigenvalue weighted by molar-refractivity contribution is 6.08. The highest BCUT2D eigenvalue weighted by atomic mass is 16.5. The van der Waals surface area contributed by atoms with Crippen LogP contribution < -0.4 is 9.47 Å². The van der Waals surface area contributed by atoms with Crippen LogP contribution in [0.4, 0.5) is 0 Å². The van der Waals surface area contributed by atoms with Gasteiger partial charge >= 0.3 is 0 Å². The average Bonchev–Trinajstić information content (AvgIpc) is 2.54. The summed E-state index contributed by atoms with van der Waals surface area (Å²) in [7, 11) is 3.21. The third-order valence-electron chi connectivity index (χ3n) is 3.51. The van der Waals surface area contributed by atoms with Gasteiger partial charge in [0, 0.05) is 11.1 Å². The summed E-state index contributed by atoms with van der Waals surface area (Å²) in [5.41, 5.74) is 3.57. The van der Waals surface area contributed by atoms with E-state index in [2.05, 4.69) is 0 Å². The molecule has 0 aliphatic heterocycles. The molecule has 3 heteroatoms. The van der Waals surface area contributed by atoms with Gasteiger partial charge in [0.1, 0.15) is 11.5 Å². The summed E-state index contributed by atoms with van der Waals surface area (Å²) in [4.78, 5) is 12.4. The molecule has 0 atom stereocenters. The molecule has 0 spiro atoms. The molecule has 0 heterocycles. The lowest BCUT2D eigenvalue weighted by Crippen LogP contribution is -1.98. The van der Waals surface area contributed by atoms with Crippen LogP contribution in [0.5, 0.6) is 11.5 Å². The summed E-state index contributed by atoms with van der Waals surface area (Å²) in [6.45, 7) is 3.91. The predicted octanol–water partition coefficient (Wildman–Crippen LogP) is 4.22. The molecule has 3 nitrogen and oxygen atoms in total. The highest BCUT2D eigenvalue weighted by Crippen LogP contribution is 2.25. The van der Waals surface area contributed by atoms with Crippen molar-refractivity contribution in [3.8, 4) is 11.5 Å². The summed E-state index contributed by atoms with van der Waals surface area (Å²) < 4.78 is 10.5. The number of hydrogen-bond donors (Lipinski definition) is 0. The van der Waals surface area contributed by atoms with Crippen molar-refractivity contribution in [3.63, 3.8) is 0 Å². The Hall–Kier alpha value is -2.55. The first-order valence-corrected chi connectivity index (χ1v) is 7.07. The Morgan fingerprint density at radius 3 is 2.45 bits per heavy atom. The average molecular weight is 296 g/mol. The first-order valence-electron chi connectivity index (χ1n) is 7.07. The zero-order valence-corrected chi connectivity index (χ0v) is 13.3. The van der Waals surface area contributed by atoms with Crippen molar-refractivity contribution < 1.29 is 14.3 Å². The second-order valence-corrected chi connectivity index (χ2v) is 5.12. The number of carbonyl (C=O) groups is 1. The molecule has 0 amide bonds. The molecule has 0 aliphatic carbocycles. The van der Waals surface area contributed by atoms with Gasteiger partial charge in [-0.2, -0.15) is 0 Å². The van der Waals surface area contributed by atoms with Crippen molar-refractivity contribution in [1.82, 2.24) is 0 Å². The standard InChI is InChI=1S/C19H20O3/c1-13-5-6-14(2)17(11-13)18(20)9-7-15-12-16(21-3)8-10-19(15)22-4/h5-12H,1-4H3/b9-7+. The summed E-state index contributed by atoms with van der Waals surface area (Å²) >= 11 is 0. The monoisotopic (exact) mass is 296 g/mol. The van der Waals surface area contributed by atoms with Crippen LogP contribution in [0.1, 0.15) is 27.0 Å². The third kappa shape index (κ3) is 3.55. The largest absolute Gasteiger partial charge is 0.497 e. The van der Waals surface area contributed by atoms with E-state index in [-0.39, 0.29) is 5.78 Å². The fourth-order valence-corrected chi connectivity index (χ4v) is 2.23. The zero-order valence-electron chi connectivity index (χ0n) is 13.3. The molecule has 0 aromatic heterocycles. The van der Waals surface area contributed by atoms with Crippen molar-refractivity contribution in [1.29, 1.82) is 0 Å². The number of rotatable bonds is 5. The molecule has 0 bridgehead atoms. The Morgan fingerprint density at radius 1 is 1.00 bits per heavy atom. The topological polar surface area (TPSA) is 35.5 Å². The van der Waals surface area contributed by atoms with Gasteiger partial charge in [0.2, 0.25) is 0 Å². The first kappa shape index (κ1) is 15.8. The van der Waals surface area contributed by atoms with Gasteiger partial charge in [-0.25, -0.2) is 0 Å². The fraction of sp³-hybridized carbons (Fsp3) is 0.211. The van der Waals surface area contributed by atoms with E-state index in [0.29, 0.717) is 5.75 Å². The first-order chi connectivity index (χ1) is 10.5. The number of carbonyl (C=O) groups excluding carboxylic acids is 1. The van der Waals surface area contributed by atoms with Crippen LogP contribution in [0.3, 0.4) is 0 Å². The quantitative estimate of drug-likeness (QED) is 0.612. The summed E-state index contributed by atoms with van der Waals surface area (Å²) in [6, 6.07) is 11.4. The minimum absolute atomic E-state index is 0.0222. The smallest absolute Gasteiger partial charge is 0.186 e. The zero-order chi connectivity index (χ0) is 16.1. The maximum Gasteiger partial charge on any atom is 0.186 e. The fourth-order valence-electron chi connectivity index (χ4n) is 2.23. The van der Waals surface area contributed by atoms with E-state index in [4.69, 9.17) is 9.47 Å². The molecule has 0 saturated carbocycles. The molecular weight excluding hydrogens is 276 g/mol. The number of methoxy groups -OCH3 is 2. The Labute approximate surface area is 131 Å². The van der Waals surface area contributed by atoms with Gasteiger partial charge in [-0.05, 0) is 55.8 Å². The molecule has 0 fully saturated rings. The molecule has 2 aromatic carbocycles. The van der Waals surface area contributed by atoms with Crippen molar-refractivity contribution in [3.05, 3.63) is 64.7 Å². The van der Waals surface area contributed by atoms with Gasteiger partial charge in [-0.1, -0.05) is 17.7 Å². The van der Waals surface area contributed by atoms with E-state index < -0.39 is 0 Å². The molecular formula is C19H20O3. The van der Waals surface area contributed by atoms with Crippen LogP contribution >= 0.6 is 0 Å². The highest BCUT2D eigenvalue weighted by Gasteiger charge is 2.07. The van der Waals surface area contributed by atoms with Crippen LogP contribution in [-0.4, -0.2) is 20.0 Å². The van der Waals surface area contributed by atoms with Crippen molar-refractivity contribution >= 4 is 11.9 Å². The normalized spacial score (nSPS) is 10.7. The Balaban J connectivity index is 2.31. The molecule has 22 heavy (non-hydrogen) atoms. The number of ketones is 1. The van der Waals surface area contributed by atoms with Crippen LogP contribution in [0, 0.1) is 13.8 Å². The maximum absolute atomic E-state index is 12.4. The van der Waals surface area contributed by atoms with Crippen LogP contribution in [0.25, 0.3) is 6.08 Å². The molecule has 0 saturated heterocycles. The molecule has 2 aromatic rings. The summed E-state index contributed by atoms with van der Waals surface area (Å²) in [5.74, 6) is 1.40.